The first-order valence-corrected chi connectivity index (χ1v) is 6.48. The third-order valence-corrected chi connectivity index (χ3v) is 3.22. The largest absolute Gasteiger partial charge is 0.381 e. The molecule has 2 unspecified atom stereocenters. The molecule has 0 aliphatic carbocycles. The van der Waals surface area contributed by atoms with E-state index in [1.165, 1.54) is 12.0 Å². The van der Waals surface area contributed by atoms with Gasteiger partial charge in [0.1, 0.15) is 6.33 Å². The maximum absolute atomic E-state index is 5.58. The van der Waals surface area contributed by atoms with Crippen molar-refractivity contribution in [3.05, 3.63) is 24.3 Å². The number of aromatic nitrogens is 2. The topological polar surface area (TPSA) is 47.0 Å². The van der Waals surface area contributed by atoms with E-state index in [1.54, 1.807) is 6.33 Å². The molecule has 2 heterocycles. The third kappa shape index (κ3) is 3.48. The van der Waals surface area contributed by atoms with Gasteiger partial charge in [0.05, 0.1) is 6.61 Å². The minimum Gasteiger partial charge on any atom is -0.381 e. The summed E-state index contributed by atoms with van der Waals surface area (Å²) in [5.74, 6) is 0.543. The van der Waals surface area contributed by atoms with Crippen LogP contribution in [0, 0.1) is 5.92 Å². The van der Waals surface area contributed by atoms with Crippen molar-refractivity contribution in [2.75, 3.05) is 19.8 Å². The molecule has 1 aromatic rings. The Morgan fingerprint density at radius 3 is 2.94 bits per heavy atom. The van der Waals surface area contributed by atoms with Crippen LogP contribution in [0.4, 0.5) is 0 Å². The van der Waals surface area contributed by atoms with E-state index in [0.29, 0.717) is 12.0 Å². The Labute approximate surface area is 103 Å². The molecule has 0 aromatic carbocycles. The van der Waals surface area contributed by atoms with E-state index in [9.17, 15) is 0 Å². The van der Waals surface area contributed by atoms with Crippen LogP contribution >= 0.6 is 0 Å². The van der Waals surface area contributed by atoms with Gasteiger partial charge in [-0.15, -0.1) is 0 Å². The summed E-state index contributed by atoms with van der Waals surface area (Å²) in [5.41, 5.74) is 1.18. The Kier molecular flexibility index (Phi) is 4.88. The molecule has 1 N–H and O–H groups in total. The van der Waals surface area contributed by atoms with Crippen LogP contribution in [-0.4, -0.2) is 29.7 Å². The van der Waals surface area contributed by atoms with Gasteiger partial charge >= 0.3 is 0 Å². The maximum atomic E-state index is 5.58. The van der Waals surface area contributed by atoms with E-state index in [2.05, 4.69) is 22.2 Å². The first kappa shape index (κ1) is 12.5. The molecule has 1 aliphatic rings. The van der Waals surface area contributed by atoms with Crippen LogP contribution in [0.2, 0.25) is 0 Å². The van der Waals surface area contributed by atoms with Gasteiger partial charge < -0.3 is 10.1 Å². The third-order valence-electron chi connectivity index (χ3n) is 3.22. The number of hydrogen-bond donors (Lipinski definition) is 1. The minimum absolute atomic E-state index is 0.330. The Balaban J connectivity index is 2.06. The van der Waals surface area contributed by atoms with Crippen molar-refractivity contribution in [3.63, 3.8) is 0 Å². The van der Waals surface area contributed by atoms with Crippen molar-refractivity contribution in [1.29, 1.82) is 0 Å². The molecule has 4 heteroatoms. The average molecular weight is 235 g/mol. The van der Waals surface area contributed by atoms with Gasteiger partial charge in [-0.3, -0.25) is 0 Å². The average Bonchev–Trinajstić information content (AvgIpc) is 2.42. The lowest BCUT2D eigenvalue weighted by Gasteiger charge is -2.31. The van der Waals surface area contributed by atoms with Gasteiger partial charge in [-0.05, 0) is 25.8 Å². The van der Waals surface area contributed by atoms with E-state index < -0.39 is 0 Å². The van der Waals surface area contributed by atoms with Crippen molar-refractivity contribution in [2.24, 2.45) is 5.92 Å². The molecule has 0 spiro atoms. The fraction of sp³-hybridized carbons (Fsp3) is 0.692. The van der Waals surface area contributed by atoms with E-state index in [4.69, 9.17) is 4.74 Å². The zero-order chi connectivity index (χ0) is 11.9. The van der Waals surface area contributed by atoms with Gasteiger partial charge in [0.25, 0.3) is 0 Å². The Morgan fingerprint density at radius 1 is 1.47 bits per heavy atom. The quantitative estimate of drug-likeness (QED) is 0.847. The van der Waals surface area contributed by atoms with Crippen LogP contribution in [0.25, 0.3) is 0 Å². The van der Waals surface area contributed by atoms with Crippen LogP contribution < -0.4 is 5.32 Å². The molecule has 2 atom stereocenters. The van der Waals surface area contributed by atoms with Crippen LogP contribution in [0.1, 0.15) is 37.8 Å². The highest BCUT2D eigenvalue weighted by molar-refractivity contribution is 5.11. The van der Waals surface area contributed by atoms with E-state index in [-0.39, 0.29) is 0 Å². The fourth-order valence-corrected chi connectivity index (χ4v) is 2.36. The summed E-state index contributed by atoms with van der Waals surface area (Å²) in [4.78, 5) is 8.23. The fourth-order valence-electron chi connectivity index (χ4n) is 2.36. The summed E-state index contributed by atoms with van der Waals surface area (Å²) in [6.07, 6.45) is 8.92. The van der Waals surface area contributed by atoms with Crippen molar-refractivity contribution in [3.8, 4) is 0 Å². The molecule has 1 saturated heterocycles. The summed E-state index contributed by atoms with van der Waals surface area (Å²) in [7, 11) is 0. The Morgan fingerprint density at radius 2 is 2.29 bits per heavy atom. The molecular formula is C13H21N3O. The lowest BCUT2D eigenvalue weighted by Crippen LogP contribution is -2.34. The molecule has 17 heavy (non-hydrogen) atoms. The number of ether oxygens (including phenoxy) is 1. The smallest absolute Gasteiger partial charge is 0.115 e. The summed E-state index contributed by atoms with van der Waals surface area (Å²) >= 11 is 0. The molecule has 0 bridgehead atoms. The second kappa shape index (κ2) is 6.67. The second-order valence-electron chi connectivity index (χ2n) is 4.58. The molecule has 1 aromatic heterocycles. The highest BCUT2D eigenvalue weighted by Crippen LogP contribution is 2.27. The highest BCUT2D eigenvalue weighted by Gasteiger charge is 2.25. The van der Waals surface area contributed by atoms with Gasteiger partial charge in [-0.1, -0.05) is 6.92 Å². The van der Waals surface area contributed by atoms with Gasteiger partial charge in [0, 0.05) is 36.5 Å². The maximum Gasteiger partial charge on any atom is 0.115 e. The van der Waals surface area contributed by atoms with E-state index in [1.807, 2.05) is 12.4 Å². The number of nitrogens with zero attached hydrogens (tertiary/aromatic N) is 2. The normalized spacial score (nSPS) is 22.3. The van der Waals surface area contributed by atoms with Crippen molar-refractivity contribution in [1.82, 2.24) is 15.3 Å². The lowest BCUT2D eigenvalue weighted by atomic mass is 9.90. The Hall–Kier alpha value is -1.00. The predicted octanol–water partition coefficient (Wildman–Crippen LogP) is 1.94. The number of rotatable bonds is 5. The first-order valence-electron chi connectivity index (χ1n) is 6.48. The van der Waals surface area contributed by atoms with Gasteiger partial charge in [0.2, 0.25) is 0 Å². The first-order chi connectivity index (χ1) is 8.42. The van der Waals surface area contributed by atoms with Crippen LogP contribution in [0.3, 0.4) is 0 Å². The van der Waals surface area contributed by atoms with Gasteiger partial charge in [-0.2, -0.15) is 0 Å². The summed E-state index contributed by atoms with van der Waals surface area (Å²) in [6.45, 7) is 4.96. The molecular weight excluding hydrogens is 214 g/mol. The van der Waals surface area contributed by atoms with Gasteiger partial charge in [0.15, 0.2) is 0 Å². The van der Waals surface area contributed by atoms with Crippen LogP contribution in [-0.2, 0) is 4.74 Å². The molecule has 4 nitrogen and oxygen atoms in total. The van der Waals surface area contributed by atoms with E-state index in [0.717, 1.165) is 32.6 Å². The van der Waals surface area contributed by atoms with Crippen molar-refractivity contribution >= 4 is 0 Å². The molecule has 0 saturated carbocycles. The summed E-state index contributed by atoms with van der Waals surface area (Å²) in [5, 5.41) is 3.60. The van der Waals surface area contributed by atoms with Crippen LogP contribution in [0.15, 0.2) is 18.7 Å². The lowest BCUT2D eigenvalue weighted by molar-refractivity contribution is 0.0389. The predicted molar refractivity (Wildman–Crippen MR) is 66.6 cm³/mol. The standard InChI is InChI=1S/C13H21N3O/c1-2-5-16-13(11-4-3-6-17-9-11)12-7-14-10-15-8-12/h7-8,10-11,13,16H,2-6,9H2,1H3. The molecule has 1 aliphatic heterocycles. The monoisotopic (exact) mass is 235 g/mol. The molecule has 0 amide bonds. The molecule has 2 rings (SSSR count). The SMILES string of the molecule is CCCNC(c1cncnc1)C1CCCOC1. The summed E-state index contributed by atoms with van der Waals surface area (Å²) < 4.78 is 5.58. The van der Waals surface area contributed by atoms with Gasteiger partial charge in [-0.25, -0.2) is 9.97 Å². The van der Waals surface area contributed by atoms with Crippen molar-refractivity contribution in [2.45, 2.75) is 32.2 Å². The van der Waals surface area contributed by atoms with E-state index >= 15 is 0 Å². The molecule has 94 valence electrons. The minimum atomic E-state index is 0.330. The summed E-state index contributed by atoms with van der Waals surface area (Å²) in [6, 6.07) is 0.330. The van der Waals surface area contributed by atoms with Crippen LogP contribution in [0.5, 0.6) is 0 Å². The zero-order valence-corrected chi connectivity index (χ0v) is 10.4. The Bertz CT molecular complexity index is 312. The zero-order valence-electron chi connectivity index (χ0n) is 10.4. The highest BCUT2D eigenvalue weighted by atomic mass is 16.5. The number of hydrogen-bond acceptors (Lipinski definition) is 4. The molecule has 0 radical (unpaired) electrons. The second-order valence-corrected chi connectivity index (χ2v) is 4.58. The molecule has 1 fully saturated rings. The van der Waals surface area contributed by atoms with Crippen molar-refractivity contribution < 1.29 is 4.74 Å². The number of nitrogens with one attached hydrogen (secondary N) is 1.